The number of rotatable bonds is 5. The smallest absolute Gasteiger partial charge is 0.399 e. The van der Waals surface area contributed by atoms with Gasteiger partial charge < -0.3 is 19.9 Å². The quantitative estimate of drug-likeness (QED) is 0.0546. The van der Waals surface area contributed by atoms with E-state index in [1.807, 2.05) is 6.92 Å². The van der Waals surface area contributed by atoms with Gasteiger partial charge in [0.2, 0.25) is 0 Å². The molecule has 0 aliphatic carbocycles. The molecular weight excluding hydrogens is 1160 g/mol. The lowest BCUT2D eigenvalue weighted by atomic mass is 10.1. The Labute approximate surface area is 418 Å². The molecule has 0 radical (unpaired) electrons. The van der Waals surface area contributed by atoms with Crippen molar-refractivity contribution in [3.63, 3.8) is 0 Å². The summed E-state index contributed by atoms with van der Waals surface area (Å²) in [6.45, 7) is 5.39. The van der Waals surface area contributed by atoms with Gasteiger partial charge in [0.1, 0.15) is 0 Å². The highest BCUT2D eigenvalue weighted by Crippen LogP contribution is 2.36. The van der Waals surface area contributed by atoms with E-state index in [1.54, 1.807) is 32.6 Å². The fourth-order valence-electron chi connectivity index (χ4n) is 5.05. The molecule has 16 nitrogen and oxygen atoms in total. The molecule has 7 rings (SSSR count). The standard InChI is InChI=1S/C11H8F3N3O2.C11H10F3N3.C7H3BrF3NO2.C7H4F3NO2.C4H6N2.CH4.HI/c1-7-5-16(6-15-7)9-2-8(11(12,13)14)3-10(4-9)17(18)19;1-7-5-17(6-16-7)10-3-8(11(12,13)14)2-9(15)4-10;8-5-1-4(7(9,10)11)2-6(3-5)12(13)14;8-7(9,10)5-2-1-3-6(4-5)11(12)13;1-4-2-5-3-6-4;;/h2-6H,1H3;2-6H,15H2,1H3;1-3H;1-4H;2-3H,1H3,(H,5,6);1H4;1H. The summed E-state index contributed by atoms with van der Waals surface area (Å²) in [5.41, 5.74) is 2.70. The Morgan fingerprint density at radius 2 is 0.986 bits per heavy atom. The molecule has 0 fully saturated rings. The van der Waals surface area contributed by atoms with E-state index in [-0.39, 0.29) is 47.3 Å². The molecule has 7 aromatic rings. The number of hydrogen-bond acceptors (Lipinski definition) is 10. The summed E-state index contributed by atoms with van der Waals surface area (Å²) in [7, 11) is 0. The molecule has 0 aliphatic heterocycles. The first-order valence-corrected chi connectivity index (χ1v) is 19.2. The third-order valence-corrected chi connectivity index (χ3v) is 8.63. The van der Waals surface area contributed by atoms with Crippen LogP contribution in [0, 0.1) is 51.1 Å². The number of anilines is 1. The number of aromatic amines is 1. The van der Waals surface area contributed by atoms with Crippen LogP contribution in [0.2, 0.25) is 0 Å². The Kier molecular flexibility index (Phi) is 22.4. The first kappa shape index (κ1) is 61.9. The van der Waals surface area contributed by atoms with Crippen molar-refractivity contribution in [3.05, 3.63) is 191 Å². The zero-order valence-corrected chi connectivity index (χ0v) is 39.3. The molecule has 0 spiro atoms. The highest BCUT2D eigenvalue weighted by molar-refractivity contribution is 14.0. The van der Waals surface area contributed by atoms with Crippen molar-refractivity contribution in [3.8, 4) is 11.4 Å². The van der Waals surface area contributed by atoms with Crippen molar-refractivity contribution in [2.75, 3.05) is 5.73 Å². The number of nitro groups is 3. The second kappa shape index (κ2) is 25.7. The van der Waals surface area contributed by atoms with E-state index in [1.165, 1.54) is 34.1 Å². The van der Waals surface area contributed by atoms with Gasteiger partial charge in [-0.2, -0.15) is 52.7 Å². The number of halogens is 14. The van der Waals surface area contributed by atoms with Crippen LogP contribution in [0.4, 0.5) is 75.4 Å². The number of nitrogen functional groups attached to an aromatic ring is 1. The van der Waals surface area contributed by atoms with Gasteiger partial charge in [-0.25, -0.2) is 15.0 Å². The number of non-ortho nitro benzene ring substituents is 3. The fraction of sp³-hybridized carbons (Fsp3) is 0.195. The molecule has 0 atom stereocenters. The number of nitrogens with two attached hydrogens (primary N) is 1. The minimum absolute atomic E-state index is 0. The Hall–Kier alpha value is -7.12. The monoisotopic (exact) mass is 1200 g/mol. The third kappa shape index (κ3) is 20.0. The lowest BCUT2D eigenvalue weighted by Crippen LogP contribution is -2.07. The van der Waals surface area contributed by atoms with Crippen molar-refractivity contribution < 1.29 is 67.5 Å². The molecule has 0 amide bonds. The normalized spacial score (nSPS) is 11.0. The van der Waals surface area contributed by atoms with Crippen LogP contribution in [0.25, 0.3) is 11.4 Å². The van der Waals surface area contributed by atoms with Crippen LogP contribution in [0.1, 0.15) is 46.8 Å². The summed E-state index contributed by atoms with van der Waals surface area (Å²) < 4.78 is 151. The molecule has 0 aliphatic rings. The van der Waals surface area contributed by atoms with Gasteiger partial charge in [0.15, 0.2) is 0 Å². The molecular formula is C41H36BrF12IN10O6. The van der Waals surface area contributed by atoms with E-state index < -0.39 is 78.8 Å². The van der Waals surface area contributed by atoms with Crippen LogP contribution in [-0.4, -0.2) is 43.8 Å². The topological polar surface area (TPSA) is 220 Å². The lowest BCUT2D eigenvalue weighted by Gasteiger charge is -2.10. The van der Waals surface area contributed by atoms with Crippen molar-refractivity contribution in [1.29, 1.82) is 0 Å². The first-order chi connectivity index (χ1) is 31.7. The van der Waals surface area contributed by atoms with Crippen molar-refractivity contribution in [2.24, 2.45) is 0 Å². The fourth-order valence-corrected chi connectivity index (χ4v) is 5.53. The predicted molar refractivity (Wildman–Crippen MR) is 247 cm³/mol. The number of aryl methyl sites for hydroxylation is 3. The van der Waals surface area contributed by atoms with E-state index in [0.717, 1.165) is 66.0 Å². The maximum atomic E-state index is 12.7. The van der Waals surface area contributed by atoms with E-state index in [2.05, 4.69) is 35.9 Å². The Balaban J connectivity index is 0.000000454. The molecule has 30 heteroatoms. The third-order valence-electron chi connectivity index (χ3n) is 8.17. The minimum Gasteiger partial charge on any atom is -0.399 e. The van der Waals surface area contributed by atoms with Gasteiger partial charge in [-0.15, -0.1) is 24.0 Å². The summed E-state index contributed by atoms with van der Waals surface area (Å²) >= 11 is 2.77. The van der Waals surface area contributed by atoms with E-state index in [9.17, 15) is 83.0 Å². The van der Waals surface area contributed by atoms with Gasteiger partial charge >= 0.3 is 24.7 Å². The van der Waals surface area contributed by atoms with Crippen LogP contribution >= 0.6 is 39.9 Å². The summed E-state index contributed by atoms with van der Waals surface area (Å²) in [5.74, 6) is 0. The number of alkyl halides is 12. The molecule has 0 saturated carbocycles. The molecule has 3 N–H and O–H groups in total. The Morgan fingerprint density at radius 3 is 1.35 bits per heavy atom. The number of aromatic nitrogens is 6. The van der Waals surface area contributed by atoms with Crippen LogP contribution < -0.4 is 5.73 Å². The van der Waals surface area contributed by atoms with E-state index in [4.69, 9.17) is 5.73 Å². The Bertz CT molecular complexity index is 2870. The Morgan fingerprint density at radius 1 is 0.577 bits per heavy atom. The van der Waals surface area contributed by atoms with Gasteiger partial charge in [0.05, 0.1) is 73.1 Å². The van der Waals surface area contributed by atoms with Crippen LogP contribution in [0.15, 0.2) is 121 Å². The molecule has 3 aromatic heterocycles. The SMILES string of the molecule is C.Cc1cn(-c2cc(N)cc(C(F)(F)F)c2)cn1.Cc1cn(-c2cc([N+](=O)[O-])cc(C(F)(F)F)c2)cn1.Cc1cnc[nH]1.I.O=[N+]([O-])c1cc(Br)cc(C(F)(F)F)c1.O=[N+]([O-])c1cccc(C(F)(F)F)c1. The predicted octanol–water partition coefficient (Wildman–Crippen LogP) is 13.9. The zero-order chi connectivity index (χ0) is 52.2. The number of nitrogens with zero attached hydrogens (tertiary/aromatic N) is 8. The van der Waals surface area contributed by atoms with E-state index >= 15 is 0 Å². The van der Waals surface area contributed by atoms with Crippen LogP contribution in [0.3, 0.4) is 0 Å². The van der Waals surface area contributed by atoms with Crippen molar-refractivity contribution in [1.82, 2.24) is 29.1 Å². The number of nitro benzene ring substituents is 3. The molecule has 0 bridgehead atoms. The maximum absolute atomic E-state index is 12.7. The summed E-state index contributed by atoms with van der Waals surface area (Å²) in [5, 5.41) is 31.1. The van der Waals surface area contributed by atoms with E-state index in [0.29, 0.717) is 29.6 Å². The number of imidazole rings is 3. The molecule has 4 aromatic carbocycles. The van der Waals surface area contributed by atoms with Gasteiger partial charge in [0, 0.05) is 76.5 Å². The summed E-state index contributed by atoms with van der Waals surface area (Å²) in [4.78, 5) is 42.9. The van der Waals surface area contributed by atoms with Crippen LogP contribution in [-0.2, 0) is 24.7 Å². The number of H-pyrrole nitrogens is 1. The molecule has 71 heavy (non-hydrogen) atoms. The van der Waals surface area contributed by atoms with Gasteiger partial charge in [-0.1, -0.05) is 29.4 Å². The average Bonchev–Trinajstić information content (AvgIpc) is 4.03. The lowest BCUT2D eigenvalue weighted by molar-refractivity contribution is -0.385. The molecule has 384 valence electrons. The number of nitrogens with one attached hydrogen (secondary N) is 1. The maximum Gasteiger partial charge on any atom is 0.416 e. The van der Waals surface area contributed by atoms with Gasteiger partial charge in [-0.05, 0) is 57.2 Å². The average molecular weight is 1200 g/mol. The van der Waals surface area contributed by atoms with Crippen molar-refractivity contribution >= 4 is 62.7 Å². The number of hydrogen-bond donors (Lipinski definition) is 2. The van der Waals surface area contributed by atoms with Gasteiger partial charge in [0.25, 0.3) is 17.1 Å². The van der Waals surface area contributed by atoms with Crippen LogP contribution in [0.5, 0.6) is 0 Å². The number of benzene rings is 4. The summed E-state index contributed by atoms with van der Waals surface area (Å²) in [6.07, 6.45) is -8.85. The van der Waals surface area contributed by atoms with Crippen molar-refractivity contribution in [2.45, 2.75) is 52.9 Å². The second-order valence-electron chi connectivity index (χ2n) is 13.6. The molecule has 0 unspecified atom stereocenters. The molecule has 0 saturated heterocycles. The second-order valence-corrected chi connectivity index (χ2v) is 14.6. The first-order valence-electron chi connectivity index (χ1n) is 18.4. The minimum atomic E-state index is -4.64. The zero-order valence-electron chi connectivity index (χ0n) is 35.4. The highest BCUT2D eigenvalue weighted by Gasteiger charge is 2.35. The molecule has 3 heterocycles. The summed E-state index contributed by atoms with van der Waals surface area (Å²) in [6, 6.07) is 11.4. The largest absolute Gasteiger partial charge is 0.416 e. The van der Waals surface area contributed by atoms with Gasteiger partial charge in [-0.3, -0.25) is 30.3 Å². The highest BCUT2D eigenvalue weighted by atomic mass is 127.